The number of thiophene rings is 1. The van der Waals surface area contributed by atoms with Gasteiger partial charge < -0.3 is 14.4 Å². The number of hydrogen-bond acceptors (Lipinski definition) is 5. The number of rotatable bonds is 5. The predicted molar refractivity (Wildman–Crippen MR) is 85.3 cm³/mol. The summed E-state index contributed by atoms with van der Waals surface area (Å²) in [4.78, 5) is 14.8. The smallest absolute Gasteiger partial charge is 0.340 e. The van der Waals surface area contributed by atoms with Gasteiger partial charge in [0.2, 0.25) is 0 Å². The molecule has 21 heavy (non-hydrogen) atoms. The normalized spacial score (nSPS) is 12.0. The lowest BCUT2D eigenvalue weighted by atomic mass is 10.1. The molecule has 1 aromatic carbocycles. The third-order valence-electron chi connectivity index (χ3n) is 3.14. The maximum absolute atomic E-state index is 11.9. The van der Waals surface area contributed by atoms with Crippen LogP contribution in [0.2, 0.25) is 0 Å². The molecule has 2 rings (SSSR count). The molecule has 0 aliphatic rings. The summed E-state index contributed by atoms with van der Waals surface area (Å²) in [6, 6.07) is 11.8. The molecule has 0 fully saturated rings. The number of esters is 1. The fourth-order valence-corrected chi connectivity index (χ4v) is 3.34. The molecule has 5 heteroatoms. The molecule has 0 saturated heterocycles. The standard InChI is InChI=1S/C16H19NO3S/c1-17(2)15-12(16(18)20-4)10-13(21-15)14(19-3)11-8-6-5-7-9-11/h5-10,14H,1-4H3. The predicted octanol–water partition coefficient (Wildman–Crippen LogP) is 3.34. The average molecular weight is 305 g/mol. The number of carbonyl (C=O) groups excluding carboxylic acids is 1. The second-order valence-corrected chi connectivity index (χ2v) is 5.84. The summed E-state index contributed by atoms with van der Waals surface area (Å²) >= 11 is 1.54. The molecular formula is C16H19NO3S. The van der Waals surface area contributed by atoms with Crippen LogP contribution in [0, 0.1) is 0 Å². The molecule has 0 radical (unpaired) electrons. The summed E-state index contributed by atoms with van der Waals surface area (Å²) in [5, 5.41) is 0.870. The average Bonchev–Trinajstić information content (AvgIpc) is 2.93. The van der Waals surface area contributed by atoms with Crippen molar-refractivity contribution >= 4 is 22.3 Å². The van der Waals surface area contributed by atoms with E-state index in [9.17, 15) is 4.79 Å². The summed E-state index contributed by atoms with van der Waals surface area (Å²) in [6.45, 7) is 0. The molecular weight excluding hydrogens is 286 g/mol. The summed E-state index contributed by atoms with van der Waals surface area (Å²) in [5.74, 6) is -0.330. The van der Waals surface area contributed by atoms with Gasteiger partial charge in [-0.05, 0) is 11.6 Å². The van der Waals surface area contributed by atoms with Crippen molar-refractivity contribution in [3.63, 3.8) is 0 Å². The first kappa shape index (κ1) is 15.5. The van der Waals surface area contributed by atoms with Gasteiger partial charge >= 0.3 is 5.97 Å². The Morgan fingerprint density at radius 3 is 2.38 bits per heavy atom. The molecule has 0 N–H and O–H groups in total. The first-order chi connectivity index (χ1) is 10.1. The second-order valence-electron chi connectivity index (χ2n) is 4.78. The van der Waals surface area contributed by atoms with Crippen molar-refractivity contribution in [1.82, 2.24) is 0 Å². The molecule has 4 nitrogen and oxygen atoms in total. The van der Waals surface area contributed by atoms with Gasteiger partial charge in [-0.2, -0.15) is 0 Å². The van der Waals surface area contributed by atoms with Crippen molar-refractivity contribution in [1.29, 1.82) is 0 Å². The van der Waals surface area contributed by atoms with Gasteiger partial charge in [-0.15, -0.1) is 11.3 Å². The third-order valence-corrected chi connectivity index (χ3v) is 4.49. The zero-order chi connectivity index (χ0) is 15.4. The van der Waals surface area contributed by atoms with Crippen molar-refractivity contribution in [2.45, 2.75) is 6.10 Å². The lowest BCUT2D eigenvalue weighted by Crippen LogP contribution is -2.11. The molecule has 0 aliphatic heterocycles. The van der Waals surface area contributed by atoms with Crippen molar-refractivity contribution in [2.24, 2.45) is 0 Å². The lowest BCUT2D eigenvalue weighted by Gasteiger charge is -2.14. The van der Waals surface area contributed by atoms with Gasteiger partial charge in [-0.25, -0.2) is 4.79 Å². The number of benzene rings is 1. The number of carbonyl (C=O) groups is 1. The van der Waals surface area contributed by atoms with Crippen molar-refractivity contribution < 1.29 is 14.3 Å². The molecule has 0 aliphatic carbocycles. The van der Waals surface area contributed by atoms with E-state index in [2.05, 4.69) is 0 Å². The minimum absolute atomic E-state index is 0.187. The Kier molecular flexibility index (Phi) is 4.98. The van der Waals surface area contributed by atoms with Gasteiger partial charge in [0.15, 0.2) is 0 Å². The van der Waals surface area contributed by atoms with E-state index in [0.717, 1.165) is 15.4 Å². The van der Waals surface area contributed by atoms with Crippen molar-refractivity contribution in [3.8, 4) is 0 Å². The Labute approximate surface area is 128 Å². The molecule has 0 saturated carbocycles. The topological polar surface area (TPSA) is 38.8 Å². The molecule has 2 aromatic rings. The van der Waals surface area contributed by atoms with E-state index in [-0.39, 0.29) is 12.1 Å². The van der Waals surface area contributed by atoms with Gasteiger partial charge in [0.25, 0.3) is 0 Å². The van der Waals surface area contributed by atoms with E-state index in [4.69, 9.17) is 9.47 Å². The molecule has 1 atom stereocenters. The van der Waals surface area contributed by atoms with Crippen LogP contribution < -0.4 is 4.90 Å². The Bertz CT molecular complexity index is 607. The maximum Gasteiger partial charge on any atom is 0.340 e. The molecule has 0 amide bonds. The summed E-state index contributed by atoms with van der Waals surface area (Å²) in [7, 11) is 6.88. The highest BCUT2D eigenvalue weighted by atomic mass is 32.1. The van der Waals surface area contributed by atoms with Crippen molar-refractivity contribution in [2.75, 3.05) is 33.2 Å². The van der Waals surface area contributed by atoms with Gasteiger partial charge in [-0.3, -0.25) is 0 Å². The minimum Gasteiger partial charge on any atom is -0.465 e. The molecule has 1 unspecified atom stereocenters. The molecule has 1 heterocycles. The number of ether oxygens (including phenoxy) is 2. The first-order valence-electron chi connectivity index (χ1n) is 6.55. The highest BCUT2D eigenvalue weighted by Gasteiger charge is 2.23. The largest absolute Gasteiger partial charge is 0.465 e. The van der Waals surface area contributed by atoms with Gasteiger partial charge in [-0.1, -0.05) is 30.3 Å². The van der Waals surface area contributed by atoms with E-state index in [1.54, 1.807) is 7.11 Å². The third kappa shape index (κ3) is 3.25. The first-order valence-corrected chi connectivity index (χ1v) is 7.37. The Morgan fingerprint density at radius 1 is 1.19 bits per heavy atom. The maximum atomic E-state index is 11.9. The molecule has 1 aromatic heterocycles. The van der Waals surface area contributed by atoms with Crippen LogP contribution in [0.1, 0.15) is 26.9 Å². The zero-order valence-electron chi connectivity index (χ0n) is 12.6. The fraction of sp³-hybridized carbons (Fsp3) is 0.312. The van der Waals surface area contributed by atoms with Crippen LogP contribution in [-0.4, -0.2) is 34.3 Å². The summed E-state index contributed by atoms with van der Waals surface area (Å²) < 4.78 is 10.5. The molecule has 0 bridgehead atoms. The van der Waals surface area contributed by atoms with E-state index < -0.39 is 0 Å². The van der Waals surface area contributed by atoms with E-state index >= 15 is 0 Å². The van der Waals surface area contributed by atoms with Crippen LogP contribution in [0.25, 0.3) is 0 Å². The summed E-state index contributed by atoms with van der Waals surface area (Å²) in [6.07, 6.45) is -0.187. The van der Waals surface area contributed by atoms with Gasteiger partial charge in [0, 0.05) is 26.1 Å². The Balaban J connectivity index is 2.46. The van der Waals surface area contributed by atoms with Crippen LogP contribution in [0.5, 0.6) is 0 Å². The van der Waals surface area contributed by atoms with Crippen LogP contribution in [0.15, 0.2) is 36.4 Å². The number of nitrogens with zero attached hydrogens (tertiary/aromatic N) is 1. The lowest BCUT2D eigenvalue weighted by molar-refractivity contribution is 0.0601. The SMILES string of the molecule is COC(=O)c1cc(C(OC)c2ccccc2)sc1N(C)C. The Hall–Kier alpha value is -1.85. The van der Waals surface area contributed by atoms with Crippen LogP contribution in [0.3, 0.4) is 0 Å². The summed E-state index contributed by atoms with van der Waals surface area (Å²) in [5.41, 5.74) is 1.63. The van der Waals surface area contributed by atoms with Crippen molar-refractivity contribution in [3.05, 3.63) is 52.4 Å². The monoisotopic (exact) mass is 305 g/mol. The van der Waals surface area contributed by atoms with Crippen LogP contribution in [-0.2, 0) is 9.47 Å². The molecule has 0 spiro atoms. The number of methoxy groups -OCH3 is 2. The van der Waals surface area contributed by atoms with E-state index in [0.29, 0.717) is 5.56 Å². The highest BCUT2D eigenvalue weighted by molar-refractivity contribution is 7.16. The molecule has 112 valence electrons. The van der Waals surface area contributed by atoms with Gasteiger partial charge in [0.1, 0.15) is 11.1 Å². The van der Waals surface area contributed by atoms with E-state index in [1.165, 1.54) is 18.4 Å². The zero-order valence-corrected chi connectivity index (χ0v) is 13.4. The number of anilines is 1. The highest BCUT2D eigenvalue weighted by Crippen LogP contribution is 2.38. The van der Waals surface area contributed by atoms with Gasteiger partial charge in [0.05, 0.1) is 12.7 Å². The van der Waals surface area contributed by atoms with Crippen LogP contribution >= 0.6 is 11.3 Å². The van der Waals surface area contributed by atoms with E-state index in [1.807, 2.05) is 55.4 Å². The number of hydrogen-bond donors (Lipinski definition) is 0. The Morgan fingerprint density at radius 2 is 1.86 bits per heavy atom. The van der Waals surface area contributed by atoms with Crippen LogP contribution in [0.4, 0.5) is 5.00 Å². The quantitative estimate of drug-likeness (QED) is 0.794. The minimum atomic E-state index is -0.330. The second kappa shape index (κ2) is 6.74. The fourth-order valence-electron chi connectivity index (χ4n) is 2.16.